The minimum Gasteiger partial charge on any atom is -0.497 e. The van der Waals surface area contributed by atoms with Crippen LogP contribution in [-0.4, -0.2) is 60.2 Å². The SMILES string of the molecule is COc1ccc2c(CCN(C)C)cn(C(=O)CC(C)(C)c3c(C)cc(C)cc3OC(=O)CC(=O)O)c2c1. The molecule has 0 aliphatic heterocycles. The van der Waals surface area contributed by atoms with Crippen molar-refractivity contribution >= 4 is 28.7 Å². The van der Waals surface area contributed by atoms with Gasteiger partial charge in [-0.2, -0.15) is 0 Å². The first kappa shape index (κ1) is 27.9. The van der Waals surface area contributed by atoms with Gasteiger partial charge in [0.15, 0.2) is 0 Å². The van der Waals surface area contributed by atoms with Gasteiger partial charge in [0, 0.05) is 41.6 Å². The number of nitrogens with zero attached hydrogens (tertiary/aromatic N) is 2. The molecule has 2 aromatic carbocycles. The van der Waals surface area contributed by atoms with Gasteiger partial charge in [-0.25, -0.2) is 0 Å². The van der Waals surface area contributed by atoms with Crippen LogP contribution in [0.15, 0.2) is 36.5 Å². The van der Waals surface area contributed by atoms with E-state index in [4.69, 9.17) is 14.6 Å². The molecule has 3 rings (SSSR count). The summed E-state index contributed by atoms with van der Waals surface area (Å²) in [6.07, 6.45) is 2.09. The van der Waals surface area contributed by atoms with Crippen LogP contribution >= 0.6 is 0 Å². The molecule has 0 fully saturated rings. The fraction of sp³-hybridized carbons (Fsp3) is 0.414. The topological polar surface area (TPSA) is 98.1 Å². The van der Waals surface area contributed by atoms with E-state index < -0.39 is 23.8 Å². The molecule has 3 aromatic rings. The van der Waals surface area contributed by atoms with E-state index in [-0.39, 0.29) is 18.1 Å². The molecule has 8 heteroatoms. The number of benzene rings is 2. The summed E-state index contributed by atoms with van der Waals surface area (Å²) in [5.41, 5.74) is 3.58. The molecule has 1 aromatic heterocycles. The highest BCUT2D eigenvalue weighted by Gasteiger charge is 2.32. The van der Waals surface area contributed by atoms with E-state index in [9.17, 15) is 14.4 Å². The molecule has 1 heterocycles. The van der Waals surface area contributed by atoms with Gasteiger partial charge in [0.1, 0.15) is 17.9 Å². The minimum atomic E-state index is -1.26. The summed E-state index contributed by atoms with van der Waals surface area (Å²) in [6, 6.07) is 9.43. The number of fused-ring (bicyclic) bond motifs is 1. The number of ether oxygens (including phenoxy) is 2. The zero-order valence-corrected chi connectivity index (χ0v) is 22.7. The summed E-state index contributed by atoms with van der Waals surface area (Å²) in [5.74, 6) is -1.27. The van der Waals surface area contributed by atoms with Crippen LogP contribution in [0.3, 0.4) is 0 Å². The van der Waals surface area contributed by atoms with Crippen molar-refractivity contribution in [1.29, 1.82) is 0 Å². The van der Waals surface area contributed by atoms with E-state index in [1.807, 2.05) is 72.3 Å². The van der Waals surface area contributed by atoms with Crippen molar-refractivity contribution in [2.45, 2.75) is 52.4 Å². The van der Waals surface area contributed by atoms with Gasteiger partial charge in [-0.3, -0.25) is 19.0 Å². The third-order valence-electron chi connectivity index (χ3n) is 6.43. The number of aryl methyl sites for hydroxylation is 2. The zero-order valence-electron chi connectivity index (χ0n) is 22.7. The third kappa shape index (κ3) is 6.57. The Labute approximate surface area is 217 Å². The van der Waals surface area contributed by atoms with Gasteiger partial charge in [-0.05, 0) is 69.3 Å². The monoisotopic (exact) mass is 508 g/mol. The van der Waals surface area contributed by atoms with Crippen LogP contribution < -0.4 is 9.47 Å². The second-order valence-electron chi connectivity index (χ2n) is 10.4. The molecule has 0 unspecified atom stereocenters. The number of methoxy groups -OCH3 is 1. The van der Waals surface area contributed by atoms with Crippen LogP contribution in [0.4, 0.5) is 0 Å². The number of rotatable bonds is 10. The van der Waals surface area contributed by atoms with Gasteiger partial charge in [-0.15, -0.1) is 0 Å². The Balaban J connectivity index is 2.01. The summed E-state index contributed by atoms with van der Waals surface area (Å²) >= 11 is 0. The standard InChI is InChI=1S/C29H36N2O6/c1-18-12-19(2)28(24(13-18)37-27(35)15-26(33)34)29(3,4)16-25(32)31-17-20(10-11-30(5)6)22-9-8-21(36-7)14-23(22)31/h8-9,12-14,17H,10-11,15-16H2,1-7H3,(H,33,34). The normalized spacial score (nSPS) is 11.7. The molecule has 1 N–H and O–H groups in total. The van der Waals surface area contributed by atoms with Crippen LogP contribution in [-0.2, 0) is 21.4 Å². The molecule has 0 spiro atoms. The molecule has 0 saturated carbocycles. The van der Waals surface area contributed by atoms with Gasteiger partial charge in [-0.1, -0.05) is 19.9 Å². The Morgan fingerprint density at radius 3 is 2.41 bits per heavy atom. The molecule has 8 nitrogen and oxygen atoms in total. The maximum Gasteiger partial charge on any atom is 0.322 e. The van der Waals surface area contributed by atoms with E-state index in [1.165, 1.54) is 0 Å². The quantitative estimate of drug-likeness (QED) is 0.240. The van der Waals surface area contributed by atoms with Crippen LogP contribution in [0.5, 0.6) is 11.5 Å². The first-order chi connectivity index (χ1) is 17.3. The van der Waals surface area contributed by atoms with Crippen molar-refractivity contribution in [3.63, 3.8) is 0 Å². The van der Waals surface area contributed by atoms with E-state index >= 15 is 0 Å². The number of aliphatic carboxylic acids is 1. The number of carbonyl (C=O) groups excluding carboxylic acids is 2. The van der Waals surface area contributed by atoms with Crippen LogP contribution in [0.2, 0.25) is 0 Å². The molecule has 0 atom stereocenters. The number of hydrogen-bond donors (Lipinski definition) is 1. The molecule has 0 aliphatic rings. The second-order valence-corrected chi connectivity index (χ2v) is 10.4. The summed E-state index contributed by atoms with van der Waals surface area (Å²) in [6.45, 7) is 8.47. The molecule has 37 heavy (non-hydrogen) atoms. The second kappa shape index (κ2) is 11.2. The number of carboxylic acids is 1. The number of aromatic nitrogens is 1. The summed E-state index contributed by atoms with van der Waals surface area (Å²) in [4.78, 5) is 39.1. The first-order valence-electron chi connectivity index (χ1n) is 12.2. The van der Waals surface area contributed by atoms with Gasteiger partial charge in [0.25, 0.3) is 0 Å². The molecule has 0 bridgehead atoms. The number of carbonyl (C=O) groups is 3. The summed E-state index contributed by atoms with van der Waals surface area (Å²) in [7, 11) is 5.63. The van der Waals surface area contributed by atoms with Crippen LogP contribution in [0.1, 0.15) is 53.7 Å². The Bertz CT molecular complexity index is 1340. The highest BCUT2D eigenvalue weighted by molar-refractivity contribution is 5.96. The summed E-state index contributed by atoms with van der Waals surface area (Å²) in [5, 5.41) is 9.98. The van der Waals surface area contributed by atoms with E-state index in [1.54, 1.807) is 17.7 Å². The van der Waals surface area contributed by atoms with Crippen molar-refractivity contribution < 1.29 is 29.0 Å². The molecule has 0 amide bonds. The van der Waals surface area contributed by atoms with Crippen molar-refractivity contribution in [3.05, 3.63) is 58.8 Å². The molecule has 0 radical (unpaired) electrons. The predicted octanol–water partition coefficient (Wildman–Crippen LogP) is 4.76. The molecule has 0 aliphatic carbocycles. The van der Waals surface area contributed by atoms with Crippen molar-refractivity contribution in [2.24, 2.45) is 0 Å². The zero-order chi connectivity index (χ0) is 27.5. The number of carboxylic acid groups (broad SMARTS) is 1. The Morgan fingerprint density at radius 2 is 1.78 bits per heavy atom. The lowest BCUT2D eigenvalue weighted by Gasteiger charge is -2.29. The third-order valence-corrected chi connectivity index (χ3v) is 6.43. The molecular formula is C29H36N2O6. The Kier molecular flexibility index (Phi) is 8.43. The maximum absolute atomic E-state index is 13.8. The average Bonchev–Trinajstić information content (AvgIpc) is 3.13. The minimum absolute atomic E-state index is 0.109. The molecule has 198 valence electrons. The van der Waals surface area contributed by atoms with Crippen LogP contribution in [0, 0.1) is 13.8 Å². The fourth-order valence-electron chi connectivity index (χ4n) is 4.86. The lowest BCUT2D eigenvalue weighted by molar-refractivity contribution is -0.145. The van der Waals surface area contributed by atoms with Gasteiger partial charge in [0.05, 0.1) is 12.6 Å². The Hall–Kier alpha value is -3.65. The lowest BCUT2D eigenvalue weighted by Crippen LogP contribution is -2.27. The highest BCUT2D eigenvalue weighted by atomic mass is 16.5. The number of hydrogen-bond acceptors (Lipinski definition) is 6. The Morgan fingerprint density at radius 1 is 1.08 bits per heavy atom. The van der Waals surface area contributed by atoms with Crippen molar-refractivity contribution in [3.8, 4) is 11.5 Å². The van der Waals surface area contributed by atoms with Crippen molar-refractivity contribution in [1.82, 2.24) is 9.47 Å². The van der Waals surface area contributed by atoms with Gasteiger partial charge < -0.3 is 19.5 Å². The van der Waals surface area contributed by atoms with Crippen molar-refractivity contribution in [2.75, 3.05) is 27.7 Å². The number of esters is 1. The molecular weight excluding hydrogens is 472 g/mol. The maximum atomic E-state index is 13.8. The fourth-order valence-corrected chi connectivity index (χ4v) is 4.86. The number of likely N-dealkylation sites (N-methyl/N-ethyl adjacent to an activating group) is 1. The smallest absolute Gasteiger partial charge is 0.322 e. The average molecular weight is 509 g/mol. The first-order valence-corrected chi connectivity index (χ1v) is 12.2. The summed E-state index contributed by atoms with van der Waals surface area (Å²) < 4.78 is 12.6. The van der Waals surface area contributed by atoms with Gasteiger partial charge in [0.2, 0.25) is 5.91 Å². The largest absolute Gasteiger partial charge is 0.497 e. The van der Waals surface area contributed by atoms with E-state index in [2.05, 4.69) is 4.90 Å². The van der Waals surface area contributed by atoms with E-state index in [0.29, 0.717) is 11.3 Å². The molecule has 0 saturated heterocycles. The lowest BCUT2D eigenvalue weighted by atomic mass is 9.78. The van der Waals surface area contributed by atoms with E-state index in [0.717, 1.165) is 40.6 Å². The highest BCUT2D eigenvalue weighted by Crippen LogP contribution is 2.39. The van der Waals surface area contributed by atoms with Crippen LogP contribution in [0.25, 0.3) is 10.9 Å². The predicted molar refractivity (Wildman–Crippen MR) is 143 cm³/mol. The van der Waals surface area contributed by atoms with Gasteiger partial charge >= 0.3 is 11.9 Å².